The zero-order valence-corrected chi connectivity index (χ0v) is 16.6. The van der Waals surface area contributed by atoms with Crippen LogP contribution in [-0.2, 0) is 4.79 Å². The molecule has 2 aliphatic carbocycles. The van der Waals surface area contributed by atoms with Crippen LogP contribution in [0.25, 0.3) is 0 Å². The van der Waals surface area contributed by atoms with E-state index in [9.17, 15) is 14.7 Å². The molecule has 2 fully saturated rings. The molecule has 0 aliphatic heterocycles. The van der Waals surface area contributed by atoms with E-state index in [0.29, 0.717) is 30.6 Å². The zero-order chi connectivity index (χ0) is 20.5. The van der Waals surface area contributed by atoms with Crippen LogP contribution in [0.2, 0.25) is 0 Å². The fourth-order valence-corrected chi connectivity index (χ4v) is 4.26. The van der Waals surface area contributed by atoms with Crippen molar-refractivity contribution in [1.29, 1.82) is 0 Å². The predicted molar refractivity (Wildman–Crippen MR) is 109 cm³/mol. The summed E-state index contributed by atoms with van der Waals surface area (Å²) in [6, 6.07) is 4.79. The first-order chi connectivity index (χ1) is 13.2. The summed E-state index contributed by atoms with van der Waals surface area (Å²) in [4.78, 5) is 27.1. The molecule has 0 saturated heterocycles. The Morgan fingerprint density at radius 3 is 2.57 bits per heavy atom. The minimum absolute atomic E-state index is 0.0240. The Morgan fingerprint density at radius 1 is 1.25 bits per heavy atom. The maximum Gasteiger partial charge on any atom is 0.253 e. The molecular formula is C20H31N5O3. The summed E-state index contributed by atoms with van der Waals surface area (Å²) in [5.74, 6) is -0.365. The molecule has 28 heavy (non-hydrogen) atoms. The SMILES string of the molecule is CN(C)C1(C(=O)NC[C@@H]2C[C@@H](NC(=O)c3cccc(N)c3N)C[C@@H]2O)CCC1. The van der Waals surface area contributed by atoms with E-state index >= 15 is 0 Å². The normalized spacial score (nSPS) is 25.9. The molecule has 1 aromatic rings. The lowest BCUT2D eigenvalue weighted by Crippen LogP contribution is -2.61. The van der Waals surface area contributed by atoms with Gasteiger partial charge in [0.2, 0.25) is 5.91 Å². The molecule has 0 aromatic heterocycles. The first kappa shape index (κ1) is 20.4. The first-order valence-corrected chi connectivity index (χ1v) is 9.83. The van der Waals surface area contributed by atoms with Crippen LogP contribution in [0.4, 0.5) is 11.4 Å². The molecule has 0 radical (unpaired) electrons. The number of amides is 2. The number of nitrogens with zero attached hydrogens (tertiary/aromatic N) is 1. The third kappa shape index (κ3) is 3.79. The van der Waals surface area contributed by atoms with E-state index < -0.39 is 11.6 Å². The number of hydrogen-bond acceptors (Lipinski definition) is 6. The molecule has 0 spiro atoms. The second kappa shape index (κ2) is 7.97. The molecule has 2 saturated carbocycles. The molecule has 0 unspecified atom stereocenters. The van der Waals surface area contributed by atoms with Crippen molar-refractivity contribution in [1.82, 2.24) is 15.5 Å². The smallest absolute Gasteiger partial charge is 0.253 e. The number of aliphatic hydroxyl groups excluding tert-OH is 1. The van der Waals surface area contributed by atoms with Crippen molar-refractivity contribution >= 4 is 23.2 Å². The Hall–Kier alpha value is -2.32. The molecular weight excluding hydrogens is 358 g/mol. The summed E-state index contributed by atoms with van der Waals surface area (Å²) in [5, 5.41) is 16.3. The number of carbonyl (C=O) groups is 2. The van der Waals surface area contributed by atoms with Crippen LogP contribution >= 0.6 is 0 Å². The van der Waals surface area contributed by atoms with Gasteiger partial charge in [0.25, 0.3) is 5.91 Å². The Bertz CT molecular complexity index is 747. The summed E-state index contributed by atoms with van der Waals surface area (Å²) in [7, 11) is 3.85. The highest BCUT2D eigenvalue weighted by atomic mass is 16.3. The molecule has 3 rings (SSSR count). The van der Waals surface area contributed by atoms with Crippen molar-refractivity contribution in [2.45, 2.75) is 49.8 Å². The number of nitrogens with one attached hydrogen (secondary N) is 2. The Kier molecular flexibility index (Phi) is 5.81. The summed E-state index contributed by atoms with van der Waals surface area (Å²) in [5.41, 5.74) is 12.2. The van der Waals surface area contributed by atoms with Crippen LogP contribution in [0.3, 0.4) is 0 Å². The molecule has 3 atom stereocenters. The van der Waals surface area contributed by atoms with E-state index in [2.05, 4.69) is 10.6 Å². The lowest BCUT2D eigenvalue weighted by Gasteiger charge is -2.45. The van der Waals surface area contributed by atoms with Gasteiger partial charge in [-0.15, -0.1) is 0 Å². The van der Waals surface area contributed by atoms with Crippen LogP contribution in [0.5, 0.6) is 0 Å². The van der Waals surface area contributed by atoms with E-state index in [1.807, 2.05) is 19.0 Å². The number of hydrogen-bond donors (Lipinski definition) is 5. The van der Waals surface area contributed by atoms with Crippen molar-refractivity contribution in [3.63, 3.8) is 0 Å². The summed E-state index contributed by atoms with van der Waals surface area (Å²) < 4.78 is 0. The fourth-order valence-electron chi connectivity index (χ4n) is 4.26. The summed E-state index contributed by atoms with van der Waals surface area (Å²) in [6.45, 7) is 0.405. The number of anilines is 2. The van der Waals surface area contributed by atoms with Gasteiger partial charge in [0.15, 0.2) is 0 Å². The van der Waals surface area contributed by atoms with Crippen molar-refractivity contribution in [3.05, 3.63) is 23.8 Å². The molecule has 7 N–H and O–H groups in total. The van der Waals surface area contributed by atoms with Crippen LogP contribution in [0.15, 0.2) is 18.2 Å². The van der Waals surface area contributed by atoms with Crippen molar-refractivity contribution in [3.8, 4) is 0 Å². The van der Waals surface area contributed by atoms with Gasteiger partial charge in [-0.05, 0) is 58.3 Å². The van der Waals surface area contributed by atoms with Gasteiger partial charge in [-0.1, -0.05) is 6.07 Å². The van der Waals surface area contributed by atoms with Gasteiger partial charge in [-0.3, -0.25) is 14.5 Å². The van der Waals surface area contributed by atoms with Crippen molar-refractivity contribution in [2.24, 2.45) is 5.92 Å². The van der Waals surface area contributed by atoms with E-state index in [1.165, 1.54) is 0 Å². The lowest BCUT2D eigenvalue weighted by molar-refractivity contribution is -0.137. The number of likely N-dealkylation sites (N-methyl/N-ethyl adjacent to an activating group) is 1. The quantitative estimate of drug-likeness (QED) is 0.445. The average Bonchev–Trinajstić information content (AvgIpc) is 2.93. The minimum Gasteiger partial charge on any atom is -0.397 e. The molecule has 2 amide bonds. The maximum atomic E-state index is 12.6. The lowest BCUT2D eigenvalue weighted by atomic mass is 9.75. The Morgan fingerprint density at radius 2 is 1.96 bits per heavy atom. The molecule has 0 heterocycles. The number of rotatable bonds is 6. The third-order valence-electron chi connectivity index (χ3n) is 6.36. The summed E-state index contributed by atoms with van der Waals surface area (Å²) >= 11 is 0. The standard InChI is InChI=1S/C20H31N5O3/c1-25(2)20(7-4-8-20)19(28)23-11-12-9-13(10-16(12)26)24-18(27)14-5-3-6-15(21)17(14)22/h3,5-6,12-13,16,26H,4,7-11,21-22H2,1-2H3,(H,23,28)(H,24,27)/t12-,13+,16-/m0/s1. The van der Waals surface area contributed by atoms with Gasteiger partial charge in [-0.25, -0.2) is 0 Å². The van der Waals surface area contributed by atoms with Crippen LogP contribution < -0.4 is 22.1 Å². The number of benzene rings is 1. The van der Waals surface area contributed by atoms with Crippen LogP contribution in [0, 0.1) is 5.92 Å². The van der Waals surface area contributed by atoms with Gasteiger partial charge in [0, 0.05) is 18.5 Å². The van der Waals surface area contributed by atoms with E-state index in [-0.39, 0.29) is 29.5 Å². The number of carbonyl (C=O) groups excluding carboxylic acids is 2. The predicted octanol–water partition coefficient (Wildman–Crippen LogP) is 0.321. The number of nitrogen functional groups attached to an aromatic ring is 2. The monoisotopic (exact) mass is 389 g/mol. The highest BCUT2D eigenvalue weighted by molar-refractivity contribution is 6.01. The highest BCUT2D eigenvalue weighted by Crippen LogP contribution is 2.36. The minimum atomic E-state index is -0.569. The van der Waals surface area contributed by atoms with Gasteiger partial charge in [0.1, 0.15) is 0 Å². The number of nitrogens with two attached hydrogens (primary N) is 2. The van der Waals surface area contributed by atoms with Crippen LogP contribution in [-0.4, -0.2) is 60.1 Å². The van der Waals surface area contributed by atoms with Gasteiger partial charge >= 0.3 is 0 Å². The maximum absolute atomic E-state index is 12.6. The van der Waals surface area contributed by atoms with E-state index in [0.717, 1.165) is 19.3 Å². The summed E-state index contributed by atoms with van der Waals surface area (Å²) in [6.07, 6.45) is 3.26. The molecule has 8 heteroatoms. The van der Waals surface area contributed by atoms with Gasteiger partial charge in [-0.2, -0.15) is 0 Å². The van der Waals surface area contributed by atoms with Crippen LogP contribution in [0.1, 0.15) is 42.5 Å². The largest absolute Gasteiger partial charge is 0.397 e. The van der Waals surface area contributed by atoms with Crippen molar-refractivity contribution < 1.29 is 14.7 Å². The topological polar surface area (TPSA) is 134 Å². The second-order valence-electron chi connectivity index (χ2n) is 8.27. The molecule has 0 bridgehead atoms. The zero-order valence-electron chi connectivity index (χ0n) is 16.6. The highest BCUT2D eigenvalue weighted by Gasteiger charge is 2.46. The Balaban J connectivity index is 1.54. The number of para-hydroxylation sites is 1. The first-order valence-electron chi connectivity index (χ1n) is 9.83. The van der Waals surface area contributed by atoms with Gasteiger partial charge in [0.05, 0.1) is 28.6 Å². The number of aliphatic hydroxyl groups is 1. The van der Waals surface area contributed by atoms with Gasteiger partial charge < -0.3 is 27.2 Å². The molecule has 8 nitrogen and oxygen atoms in total. The second-order valence-corrected chi connectivity index (χ2v) is 8.27. The van der Waals surface area contributed by atoms with E-state index in [4.69, 9.17) is 11.5 Å². The third-order valence-corrected chi connectivity index (χ3v) is 6.36. The van der Waals surface area contributed by atoms with Crippen molar-refractivity contribution in [2.75, 3.05) is 32.1 Å². The Labute approximate surface area is 165 Å². The van der Waals surface area contributed by atoms with E-state index in [1.54, 1.807) is 18.2 Å². The fraction of sp³-hybridized carbons (Fsp3) is 0.600. The molecule has 1 aromatic carbocycles. The average molecular weight is 390 g/mol. The molecule has 154 valence electrons. The molecule has 2 aliphatic rings.